The van der Waals surface area contributed by atoms with E-state index in [1.54, 1.807) is 17.5 Å². The predicted molar refractivity (Wildman–Crippen MR) is 89.4 cm³/mol. The Balaban J connectivity index is 0.00000192. The second kappa shape index (κ2) is 6.69. The standard InChI is InChI=1S/C14H16N4O3S.ClH/c1-8(19)16-6-9-2-3-11(21-9)10-7-22-13(17-10)18-12(20)14(15)4-5-14;/h2-3,7H,4-6,15H2,1H3,(H,16,19)(H,17,18,20);1H. The minimum Gasteiger partial charge on any atom is -0.458 e. The fourth-order valence-electron chi connectivity index (χ4n) is 1.85. The molecule has 1 saturated carbocycles. The number of furan rings is 1. The molecule has 0 aromatic carbocycles. The highest BCUT2D eigenvalue weighted by molar-refractivity contribution is 7.14. The quantitative estimate of drug-likeness (QED) is 0.757. The molecule has 2 aromatic rings. The van der Waals surface area contributed by atoms with Crippen molar-refractivity contribution in [2.75, 3.05) is 5.32 Å². The minimum atomic E-state index is -0.720. The van der Waals surface area contributed by atoms with Gasteiger partial charge in [-0.2, -0.15) is 0 Å². The maximum Gasteiger partial charge on any atom is 0.246 e. The van der Waals surface area contributed by atoms with Crippen molar-refractivity contribution in [1.82, 2.24) is 10.3 Å². The number of carbonyl (C=O) groups is 2. The Hall–Kier alpha value is -1.90. The molecule has 7 nitrogen and oxygen atoms in total. The van der Waals surface area contributed by atoms with Gasteiger partial charge in [0.1, 0.15) is 11.5 Å². The van der Waals surface area contributed by atoms with Gasteiger partial charge in [-0.1, -0.05) is 0 Å². The largest absolute Gasteiger partial charge is 0.458 e. The fraction of sp³-hybridized carbons (Fsp3) is 0.357. The molecule has 0 bridgehead atoms. The highest BCUT2D eigenvalue weighted by Crippen LogP contribution is 2.34. The van der Waals surface area contributed by atoms with E-state index >= 15 is 0 Å². The maximum absolute atomic E-state index is 11.9. The molecule has 2 aromatic heterocycles. The lowest BCUT2D eigenvalue weighted by Gasteiger charge is -2.06. The third-order valence-corrected chi connectivity index (χ3v) is 4.15. The van der Waals surface area contributed by atoms with Gasteiger partial charge in [0.2, 0.25) is 11.8 Å². The molecule has 23 heavy (non-hydrogen) atoms. The lowest BCUT2D eigenvalue weighted by molar-refractivity contribution is -0.119. The first kappa shape index (κ1) is 17.5. The van der Waals surface area contributed by atoms with Crippen molar-refractivity contribution in [3.8, 4) is 11.5 Å². The molecule has 2 amide bonds. The summed E-state index contributed by atoms with van der Waals surface area (Å²) in [5.41, 5.74) is 5.74. The second-order valence-electron chi connectivity index (χ2n) is 5.32. The number of thiazole rings is 1. The number of halogens is 1. The summed E-state index contributed by atoms with van der Waals surface area (Å²) in [7, 11) is 0. The smallest absolute Gasteiger partial charge is 0.246 e. The Labute approximate surface area is 143 Å². The van der Waals surface area contributed by atoms with Crippen molar-refractivity contribution in [3.63, 3.8) is 0 Å². The van der Waals surface area contributed by atoms with E-state index in [2.05, 4.69) is 15.6 Å². The molecule has 3 rings (SSSR count). The van der Waals surface area contributed by atoms with Crippen LogP contribution in [0.4, 0.5) is 5.13 Å². The van der Waals surface area contributed by atoms with Crippen LogP contribution in [0.15, 0.2) is 21.9 Å². The van der Waals surface area contributed by atoms with Gasteiger partial charge in [-0.15, -0.1) is 23.7 Å². The maximum atomic E-state index is 11.9. The Bertz CT molecular complexity index is 723. The summed E-state index contributed by atoms with van der Waals surface area (Å²) in [6.45, 7) is 1.78. The first-order valence-corrected chi connectivity index (χ1v) is 7.74. The number of nitrogens with two attached hydrogens (primary N) is 1. The van der Waals surface area contributed by atoms with E-state index in [0.717, 1.165) is 0 Å². The van der Waals surface area contributed by atoms with Crippen LogP contribution in [0.2, 0.25) is 0 Å². The van der Waals surface area contributed by atoms with Gasteiger partial charge in [-0.3, -0.25) is 9.59 Å². The molecule has 0 radical (unpaired) electrons. The fourth-order valence-corrected chi connectivity index (χ4v) is 2.54. The van der Waals surface area contributed by atoms with Crippen molar-refractivity contribution < 1.29 is 14.0 Å². The number of carbonyl (C=O) groups excluding carboxylic acids is 2. The Kier molecular flexibility index (Phi) is 5.08. The monoisotopic (exact) mass is 356 g/mol. The summed E-state index contributed by atoms with van der Waals surface area (Å²) in [6, 6.07) is 3.56. The van der Waals surface area contributed by atoms with Crippen LogP contribution >= 0.6 is 23.7 Å². The van der Waals surface area contributed by atoms with Crippen molar-refractivity contribution in [2.24, 2.45) is 5.73 Å². The minimum absolute atomic E-state index is 0. The number of nitrogens with one attached hydrogen (secondary N) is 2. The molecule has 0 unspecified atom stereocenters. The first-order valence-electron chi connectivity index (χ1n) is 6.86. The number of hydrogen-bond acceptors (Lipinski definition) is 6. The Morgan fingerprint density at radius 3 is 2.83 bits per heavy atom. The van der Waals surface area contributed by atoms with Crippen LogP contribution in [-0.4, -0.2) is 22.3 Å². The van der Waals surface area contributed by atoms with Gasteiger partial charge < -0.3 is 20.8 Å². The average molecular weight is 357 g/mol. The molecule has 9 heteroatoms. The number of rotatable bonds is 5. The summed E-state index contributed by atoms with van der Waals surface area (Å²) in [6.07, 6.45) is 1.42. The van der Waals surface area contributed by atoms with Crippen LogP contribution in [0.1, 0.15) is 25.5 Å². The molecule has 0 atom stereocenters. The van der Waals surface area contributed by atoms with E-state index in [0.29, 0.717) is 41.7 Å². The zero-order valence-corrected chi connectivity index (χ0v) is 14.1. The summed E-state index contributed by atoms with van der Waals surface area (Å²) in [4.78, 5) is 27.1. The number of amides is 2. The van der Waals surface area contributed by atoms with E-state index in [1.165, 1.54) is 18.3 Å². The van der Waals surface area contributed by atoms with E-state index in [-0.39, 0.29) is 24.2 Å². The molecule has 1 fully saturated rings. The van der Waals surface area contributed by atoms with Gasteiger partial charge in [-0.05, 0) is 25.0 Å². The van der Waals surface area contributed by atoms with Crippen LogP contribution < -0.4 is 16.4 Å². The van der Waals surface area contributed by atoms with Gasteiger partial charge in [0.15, 0.2) is 10.9 Å². The molecular formula is C14H17ClN4O3S. The summed E-state index contributed by atoms with van der Waals surface area (Å²) >= 11 is 1.32. The molecule has 1 aliphatic rings. The molecule has 0 spiro atoms. The number of aromatic nitrogens is 1. The Morgan fingerprint density at radius 1 is 1.43 bits per heavy atom. The van der Waals surface area contributed by atoms with Gasteiger partial charge in [-0.25, -0.2) is 4.98 Å². The highest BCUT2D eigenvalue weighted by Gasteiger charge is 2.46. The summed E-state index contributed by atoms with van der Waals surface area (Å²) < 4.78 is 5.61. The summed E-state index contributed by atoms with van der Waals surface area (Å²) in [5.74, 6) is 0.917. The first-order chi connectivity index (χ1) is 10.5. The third-order valence-electron chi connectivity index (χ3n) is 3.39. The average Bonchev–Trinajstić information content (AvgIpc) is 2.92. The molecule has 0 saturated heterocycles. The van der Waals surface area contributed by atoms with Crippen LogP contribution in [0.25, 0.3) is 11.5 Å². The van der Waals surface area contributed by atoms with Crippen molar-refractivity contribution in [2.45, 2.75) is 31.8 Å². The normalized spacial score (nSPS) is 14.7. The second-order valence-corrected chi connectivity index (χ2v) is 6.18. The number of nitrogens with zero attached hydrogens (tertiary/aromatic N) is 1. The van der Waals surface area contributed by atoms with Gasteiger partial charge in [0, 0.05) is 12.3 Å². The molecule has 124 valence electrons. The van der Waals surface area contributed by atoms with Crippen molar-refractivity contribution in [1.29, 1.82) is 0 Å². The van der Waals surface area contributed by atoms with Crippen LogP contribution in [0.5, 0.6) is 0 Å². The van der Waals surface area contributed by atoms with E-state index in [9.17, 15) is 9.59 Å². The van der Waals surface area contributed by atoms with Crippen LogP contribution in [-0.2, 0) is 16.1 Å². The molecule has 0 aliphatic heterocycles. The van der Waals surface area contributed by atoms with Crippen LogP contribution in [0.3, 0.4) is 0 Å². The lowest BCUT2D eigenvalue weighted by Crippen LogP contribution is -2.37. The Morgan fingerprint density at radius 2 is 2.17 bits per heavy atom. The molecule has 4 N–H and O–H groups in total. The van der Waals surface area contributed by atoms with Gasteiger partial charge in [0.25, 0.3) is 0 Å². The SMILES string of the molecule is CC(=O)NCc1ccc(-c2csc(NC(=O)C3(N)CC3)n2)o1.Cl. The van der Waals surface area contributed by atoms with Crippen molar-refractivity contribution in [3.05, 3.63) is 23.3 Å². The van der Waals surface area contributed by atoms with Gasteiger partial charge in [0.05, 0.1) is 12.1 Å². The molecule has 1 aliphatic carbocycles. The topological polar surface area (TPSA) is 110 Å². The molecule has 2 heterocycles. The van der Waals surface area contributed by atoms with E-state index in [1.807, 2.05) is 0 Å². The lowest BCUT2D eigenvalue weighted by atomic mass is 10.3. The third kappa shape index (κ3) is 4.10. The zero-order chi connectivity index (χ0) is 15.7. The number of hydrogen-bond donors (Lipinski definition) is 3. The predicted octanol–water partition coefficient (Wildman–Crippen LogP) is 1.89. The van der Waals surface area contributed by atoms with Gasteiger partial charge >= 0.3 is 0 Å². The van der Waals surface area contributed by atoms with E-state index < -0.39 is 5.54 Å². The van der Waals surface area contributed by atoms with E-state index in [4.69, 9.17) is 10.2 Å². The number of anilines is 1. The highest BCUT2D eigenvalue weighted by atomic mass is 35.5. The molecular weight excluding hydrogens is 340 g/mol. The summed E-state index contributed by atoms with van der Waals surface area (Å²) in [5, 5.41) is 7.68. The van der Waals surface area contributed by atoms with Crippen molar-refractivity contribution >= 4 is 40.7 Å². The zero-order valence-electron chi connectivity index (χ0n) is 12.4. The van der Waals surface area contributed by atoms with Crippen LogP contribution in [0, 0.1) is 0 Å².